The van der Waals surface area contributed by atoms with Gasteiger partial charge in [-0.2, -0.15) is 0 Å². The fraction of sp³-hybridized carbons (Fsp3) is 1.00. The van der Waals surface area contributed by atoms with Gasteiger partial charge in [0.05, 0.1) is 0 Å². The molecule has 0 saturated carbocycles. The molecule has 0 unspecified atom stereocenters. The molecule has 6 heteroatoms. The zero-order chi connectivity index (χ0) is 12.3. The van der Waals surface area contributed by atoms with Crippen molar-refractivity contribution >= 4 is 0 Å². The highest BCUT2D eigenvalue weighted by Crippen LogP contribution is 2.07. The molecule has 0 heterocycles. The molecule has 0 aliphatic carbocycles. The van der Waals surface area contributed by atoms with Crippen LogP contribution in [0.4, 0.5) is 0 Å². The summed E-state index contributed by atoms with van der Waals surface area (Å²) in [7, 11) is 0. The van der Waals surface area contributed by atoms with Gasteiger partial charge in [-0.1, -0.05) is 6.92 Å². The summed E-state index contributed by atoms with van der Waals surface area (Å²) in [5.41, 5.74) is 31.8. The van der Waals surface area contributed by atoms with E-state index in [0.717, 1.165) is 0 Å². The molecular weight excluding hydrogens is 192 g/mol. The Morgan fingerprint density at radius 2 is 1.00 bits per heavy atom. The lowest BCUT2D eigenvalue weighted by molar-refractivity contribution is 0.361. The van der Waals surface area contributed by atoms with Crippen molar-refractivity contribution in [1.82, 2.24) is 0 Å². The van der Waals surface area contributed by atoms with Crippen molar-refractivity contribution in [3.63, 3.8) is 0 Å². The summed E-state index contributed by atoms with van der Waals surface area (Å²) in [6.07, 6.45) is 0. The molecule has 6 nitrogen and oxygen atoms in total. The molecule has 0 aromatic rings. The van der Waals surface area contributed by atoms with Crippen LogP contribution in [-0.4, -0.2) is 39.3 Å². The van der Waals surface area contributed by atoms with Gasteiger partial charge in [-0.3, -0.25) is 0 Å². The predicted octanol–water partition coefficient (Wildman–Crippen LogP) is -2.65. The van der Waals surface area contributed by atoms with Crippen LogP contribution in [0.5, 0.6) is 0 Å². The van der Waals surface area contributed by atoms with Crippen molar-refractivity contribution in [2.45, 2.75) is 6.92 Å². The van der Waals surface area contributed by atoms with Crippen LogP contribution in [0.25, 0.3) is 0 Å². The van der Waals surface area contributed by atoms with Gasteiger partial charge in [0.1, 0.15) is 0 Å². The van der Waals surface area contributed by atoms with E-state index < -0.39 is 0 Å². The first-order valence-electron chi connectivity index (χ1n) is 5.23. The molecule has 0 amide bonds. The second-order valence-electron chi connectivity index (χ2n) is 4.00. The lowest BCUT2D eigenvalue weighted by atomic mass is 9.92. The first-order valence-corrected chi connectivity index (χ1v) is 5.23. The third kappa shape index (κ3) is 8.73. The van der Waals surface area contributed by atoms with E-state index in [-0.39, 0.29) is 5.41 Å². The quantitative estimate of drug-likeness (QED) is 0.287. The predicted molar refractivity (Wildman–Crippen MR) is 65.9 cm³/mol. The van der Waals surface area contributed by atoms with Crippen molar-refractivity contribution in [3.8, 4) is 0 Å². The molecule has 0 radical (unpaired) electrons. The van der Waals surface area contributed by atoms with Crippen molar-refractivity contribution in [3.05, 3.63) is 0 Å². The first kappa shape index (κ1) is 17.2. The number of nitrogens with two attached hydrogens (primary N) is 6. The first-order chi connectivity index (χ1) is 7.03. The minimum atomic E-state index is -0.0417. The van der Waals surface area contributed by atoms with Gasteiger partial charge in [0, 0.05) is 25.0 Å². The molecule has 0 rings (SSSR count). The topological polar surface area (TPSA) is 156 Å². The third-order valence-corrected chi connectivity index (χ3v) is 2.48. The summed E-state index contributed by atoms with van der Waals surface area (Å²) >= 11 is 0. The van der Waals surface area contributed by atoms with Crippen LogP contribution in [0.15, 0.2) is 0 Å². The maximum absolute atomic E-state index is 5.37. The van der Waals surface area contributed by atoms with E-state index in [4.69, 9.17) is 34.4 Å². The molecule has 94 valence electrons. The van der Waals surface area contributed by atoms with Crippen LogP contribution in [0.1, 0.15) is 6.92 Å². The Balaban J connectivity index is 0. The molecule has 15 heavy (non-hydrogen) atoms. The monoisotopic (exact) mass is 220 g/mol. The molecule has 0 spiro atoms. The summed E-state index contributed by atoms with van der Waals surface area (Å²) in [5.74, 6) is 0.319. The van der Waals surface area contributed by atoms with Crippen LogP contribution in [0, 0.1) is 11.3 Å². The molecule has 0 aromatic carbocycles. The van der Waals surface area contributed by atoms with Gasteiger partial charge < -0.3 is 34.4 Å². The summed E-state index contributed by atoms with van der Waals surface area (Å²) < 4.78 is 0. The zero-order valence-corrected chi connectivity index (χ0v) is 9.78. The molecule has 0 aromatic heterocycles. The summed E-state index contributed by atoms with van der Waals surface area (Å²) in [5, 5.41) is 0. The van der Waals surface area contributed by atoms with Crippen LogP contribution < -0.4 is 34.4 Å². The summed E-state index contributed by atoms with van der Waals surface area (Å²) in [6, 6.07) is 0. The second kappa shape index (κ2) is 10.3. The van der Waals surface area contributed by atoms with Gasteiger partial charge in [-0.15, -0.1) is 0 Å². The summed E-state index contributed by atoms with van der Waals surface area (Å²) in [4.78, 5) is 0. The molecule has 0 aliphatic heterocycles. The molecule has 12 N–H and O–H groups in total. The van der Waals surface area contributed by atoms with E-state index in [1.165, 1.54) is 0 Å². The smallest absolute Gasteiger partial charge is 0.00423 e. The number of rotatable bonds is 6. The molecule has 0 saturated heterocycles. The Kier molecular flexibility index (Phi) is 11.8. The number of hydrogen-bond acceptors (Lipinski definition) is 6. The van der Waals surface area contributed by atoms with E-state index in [1.54, 1.807) is 0 Å². The molecule has 0 bridgehead atoms. The standard InChI is InChI=1S/C5H15N3.C4H13N3/c1-5(2-6,3-7)4-8;5-1-4(2-6)3-7/h2-4,6-8H2,1H3;4H,1-3,5-7H2. The van der Waals surface area contributed by atoms with Crippen molar-refractivity contribution in [1.29, 1.82) is 0 Å². The Hall–Kier alpha value is -0.240. The zero-order valence-electron chi connectivity index (χ0n) is 9.78. The van der Waals surface area contributed by atoms with Crippen LogP contribution >= 0.6 is 0 Å². The number of hydrogen-bond donors (Lipinski definition) is 6. The highest BCUT2D eigenvalue weighted by molar-refractivity contribution is 4.76. The van der Waals surface area contributed by atoms with Gasteiger partial charge in [-0.05, 0) is 25.6 Å². The van der Waals surface area contributed by atoms with E-state index >= 15 is 0 Å². The van der Waals surface area contributed by atoms with E-state index in [1.807, 2.05) is 6.92 Å². The van der Waals surface area contributed by atoms with Gasteiger partial charge in [0.15, 0.2) is 0 Å². The van der Waals surface area contributed by atoms with E-state index in [9.17, 15) is 0 Å². The van der Waals surface area contributed by atoms with E-state index in [2.05, 4.69) is 0 Å². The van der Waals surface area contributed by atoms with E-state index in [0.29, 0.717) is 45.2 Å². The van der Waals surface area contributed by atoms with Crippen molar-refractivity contribution < 1.29 is 0 Å². The largest absolute Gasteiger partial charge is 0.330 e. The average Bonchev–Trinajstić information content (AvgIpc) is 2.31. The summed E-state index contributed by atoms with van der Waals surface area (Å²) in [6.45, 7) is 5.50. The fourth-order valence-electron chi connectivity index (χ4n) is 0.539. The van der Waals surface area contributed by atoms with Crippen LogP contribution in [-0.2, 0) is 0 Å². The lowest BCUT2D eigenvalue weighted by Gasteiger charge is -2.22. The van der Waals surface area contributed by atoms with Crippen molar-refractivity contribution in [2.75, 3.05) is 39.3 Å². The Labute approximate surface area is 92.7 Å². The fourth-order valence-corrected chi connectivity index (χ4v) is 0.539. The molecule has 0 atom stereocenters. The van der Waals surface area contributed by atoms with Gasteiger partial charge in [0.25, 0.3) is 0 Å². The Morgan fingerprint density at radius 3 is 1.00 bits per heavy atom. The Morgan fingerprint density at radius 1 is 0.733 bits per heavy atom. The maximum Gasteiger partial charge on any atom is 0.00423 e. The maximum atomic E-state index is 5.37. The second-order valence-corrected chi connectivity index (χ2v) is 4.00. The van der Waals surface area contributed by atoms with Gasteiger partial charge in [-0.25, -0.2) is 0 Å². The van der Waals surface area contributed by atoms with Crippen molar-refractivity contribution in [2.24, 2.45) is 45.7 Å². The SMILES string of the molecule is CC(CN)(CN)CN.NCC(CN)CN. The minimum absolute atomic E-state index is 0.0417. The lowest BCUT2D eigenvalue weighted by Crippen LogP contribution is -2.41. The third-order valence-electron chi connectivity index (χ3n) is 2.48. The van der Waals surface area contributed by atoms with Crippen LogP contribution in [0.2, 0.25) is 0 Å². The van der Waals surface area contributed by atoms with Gasteiger partial charge in [0.2, 0.25) is 0 Å². The molecule has 0 aliphatic rings. The highest BCUT2D eigenvalue weighted by atomic mass is 14.7. The molecular formula is C9H28N6. The molecule has 0 fully saturated rings. The Bertz CT molecular complexity index is 108. The normalized spacial score (nSPS) is 11.2. The highest BCUT2D eigenvalue weighted by Gasteiger charge is 2.16. The average molecular weight is 220 g/mol. The minimum Gasteiger partial charge on any atom is -0.330 e. The van der Waals surface area contributed by atoms with Gasteiger partial charge >= 0.3 is 0 Å². The van der Waals surface area contributed by atoms with Crippen LogP contribution in [0.3, 0.4) is 0 Å².